The van der Waals surface area contributed by atoms with Crippen molar-refractivity contribution in [2.24, 2.45) is 0 Å². The van der Waals surface area contributed by atoms with Crippen molar-refractivity contribution in [1.29, 1.82) is 0 Å². The van der Waals surface area contributed by atoms with E-state index in [2.05, 4.69) is 6.58 Å². The molecule has 1 nitrogen and oxygen atoms in total. The standard InChI is InChI=1S/C8H13FO/c1-2-3-8-5-4-7(9)6-10-8/h2,7-8H,1,3-6H2/t7-,8+/m0/s1. The summed E-state index contributed by atoms with van der Waals surface area (Å²) in [6.07, 6.45) is 3.66. The first-order chi connectivity index (χ1) is 4.83. The van der Waals surface area contributed by atoms with Crippen LogP contribution >= 0.6 is 0 Å². The maximum atomic E-state index is 12.4. The maximum Gasteiger partial charge on any atom is 0.123 e. The topological polar surface area (TPSA) is 9.23 Å². The number of ether oxygens (including phenoxy) is 1. The fourth-order valence-corrected chi connectivity index (χ4v) is 1.15. The molecule has 1 fully saturated rings. The minimum absolute atomic E-state index is 0.226. The smallest absolute Gasteiger partial charge is 0.123 e. The molecule has 1 aliphatic heterocycles. The molecule has 2 atom stereocenters. The number of halogens is 1. The molecule has 0 radical (unpaired) electrons. The third-order valence-electron chi connectivity index (χ3n) is 1.74. The van der Waals surface area contributed by atoms with E-state index in [0.29, 0.717) is 6.42 Å². The van der Waals surface area contributed by atoms with E-state index in [-0.39, 0.29) is 12.7 Å². The predicted molar refractivity (Wildman–Crippen MR) is 38.7 cm³/mol. The number of alkyl halides is 1. The summed E-state index contributed by atoms with van der Waals surface area (Å²) in [5.74, 6) is 0. The summed E-state index contributed by atoms with van der Waals surface area (Å²) >= 11 is 0. The van der Waals surface area contributed by atoms with Gasteiger partial charge in [-0.2, -0.15) is 0 Å². The molecule has 0 saturated carbocycles. The van der Waals surface area contributed by atoms with Crippen LogP contribution in [0.1, 0.15) is 19.3 Å². The van der Waals surface area contributed by atoms with Crippen molar-refractivity contribution in [1.82, 2.24) is 0 Å². The Hall–Kier alpha value is -0.370. The van der Waals surface area contributed by atoms with Crippen molar-refractivity contribution in [3.8, 4) is 0 Å². The number of rotatable bonds is 2. The Labute approximate surface area is 60.9 Å². The lowest BCUT2D eigenvalue weighted by atomic mass is 10.1. The summed E-state index contributed by atoms with van der Waals surface area (Å²) in [4.78, 5) is 0. The molecule has 58 valence electrons. The van der Waals surface area contributed by atoms with E-state index in [9.17, 15) is 4.39 Å². The monoisotopic (exact) mass is 144 g/mol. The van der Waals surface area contributed by atoms with Gasteiger partial charge < -0.3 is 4.74 Å². The van der Waals surface area contributed by atoms with Crippen molar-refractivity contribution in [2.45, 2.75) is 31.5 Å². The second-order valence-corrected chi connectivity index (χ2v) is 2.65. The largest absolute Gasteiger partial charge is 0.375 e. The van der Waals surface area contributed by atoms with E-state index >= 15 is 0 Å². The van der Waals surface area contributed by atoms with Gasteiger partial charge in [-0.3, -0.25) is 0 Å². The summed E-state index contributed by atoms with van der Waals surface area (Å²) in [6.45, 7) is 3.88. The van der Waals surface area contributed by atoms with E-state index in [1.165, 1.54) is 0 Å². The molecule has 1 aliphatic rings. The van der Waals surface area contributed by atoms with E-state index in [0.717, 1.165) is 12.8 Å². The van der Waals surface area contributed by atoms with Crippen LogP contribution in [0, 0.1) is 0 Å². The number of hydrogen-bond donors (Lipinski definition) is 0. The van der Waals surface area contributed by atoms with Gasteiger partial charge in [0, 0.05) is 0 Å². The summed E-state index contributed by atoms with van der Waals surface area (Å²) in [7, 11) is 0. The van der Waals surface area contributed by atoms with Gasteiger partial charge in [-0.15, -0.1) is 6.58 Å². The molecule has 0 unspecified atom stereocenters. The second-order valence-electron chi connectivity index (χ2n) is 2.65. The molecule has 0 amide bonds. The Morgan fingerprint density at radius 1 is 1.60 bits per heavy atom. The Morgan fingerprint density at radius 2 is 2.40 bits per heavy atom. The van der Waals surface area contributed by atoms with E-state index in [1.54, 1.807) is 0 Å². The Morgan fingerprint density at radius 3 is 2.90 bits per heavy atom. The lowest BCUT2D eigenvalue weighted by Gasteiger charge is -2.23. The molecule has 2 heteroatoms. The van der Waals surface area contributed by atoms with Crippen LogP contribution in [0.3, 0.4) is 0 Å². The van der Waals surface area contributed by atoms with E-state index in [4.69, 9.17) is 4.74 Å². The molecular formula is C8H13FO. The van der Waals surface area contributed by atoms with Gasteiger partial charge in [0.1, 0.15) is 6.17 Å². The van der Waals surface area contributed by atoms with Crippen LogP contribution in [-0.4, -0.2) is 18.9 Å². The zero-order valence-electron chi connectivity index (χ0n) is 6.05. The average molecular weight is 144 g/mol. The molecule has 0 bridgehead atoms. The van der Waals surface area contributed by atoms with Gasteiger partial charge in [0.25, 0.3) is 0 Å². The SMILES string of the molecule is C=CC[C@@H]1CC[C@H](F)CO1. The van der Waals surface area contributed by atoms with Crippen LogP contribution < -0.4 is 0 Å². The van der Waals surface area contributed by atoms with Gasteiger partial charge in [0.05, 0.1) is 12.7 Å². The Bertz CT molecular complexity index is 106. The molecule has 1 saturated heterocycles. The van der Waals surface area contributed by atoms with Crippen LogP contribution in [0.25, 0.3) is 0 Å². The van der Waals surface area contributed by atoms with Gasteiger partial charge in [0.2, 0.25) is 0 Å². The van der Waals surface area contributed by atoms with Crippen LogP contribution in [0.5, 0.6) is 0 Å². The second kappa shape index (κ2) is 3.71. The molecule has 0 N–H and O–H groups in total. The van der Waals surface area contributed by atoms with Crippen LogP contribution in [-0.2, 0) is 4.74 Å². The molecule has 0 aliphatic carbocycles. The van der Waals surface area contributed by atoms with Crippen molar-refractivity contribution in [2.75, 3.05) is 6.61 Å². The van der Waals surface area contributed by atoms with Gasteiger partial charge in [-0.05, 0) is 19.3 Å². The van der Waals surface area contributed by atoms with Gasteiger partial charge in [-0.1, -0.05) is 6.08 Å². The van der Waals surface area contributed by atoms with Crippen molar-refractivity contribution >= 4 is 0 Å². The first kappa shape index (κ1) is 7.73. The van der Waals surface area contributed by atoms with E-state index < -0.39 is 6.17 Å². The van der Waals surface area contributed by atoms with Gasteiger partial charge in [0.15, 0.2) is 0 Å². The highest BCUT2D eigenvalue weighted by atomic mass is 19.1. The average Bonchev–Trinajstić information content (AvgIpc) is 1.95. The fraction of sp³-hybridized carbons (Fsp3) is 0.750. The molecule has 1 heterocycles. The first-order valence-corrected chi connectivity index (χ1v) is 3.69. The normalized spacial score (nSPS) is 33.7. The Kier molecular flexibility index (Phi) is 2.87. The molecule has 10 heavy (non-hydrogen) atoms. The fourth-order valence-electron chi connectivity index (χ4n) is 1.15. The van der Waals surface area contributed by atoms with E-state index in [1.807, 2.05) is 6.08 Å². The molecular weight excluding hydrogens is 131 g/mol. The van der Waals surface area contributed by atoms with Crippen LogP contribution in [0.4, 0.5) is 4.39 Å². The minimum atomic E-state index is -0.735. The molecule has 0 aromatic carbocycles. The van der Waals surface area contributed by atoms with Crippen molar-refractivity contribution in [3.05, 3.63) is 12.7 Å². The molecule has 0 spiro atoms. The highest BCUT2D eigenvalue weighted by Crippen LogP contribution is 2.18. The van der Waals surface area contributed by atoms with Crippen molar-refractivity contribution < 1.29 is 9.13 Å². The minimum Gasteiger partial charge on any atom is -0.375 e. The lowest BCUT2D eigenvalue weighted by Crippen LogP contribution is -2.26. The first-order valence-electron chi connectivity index (χ1n) is 3.69. The summed E-state index contributed by atoms with van der Waals surface area (Å²) in [5, 5.41) is 0. The van der Waals surface area contributed by atoms with Gasteiger partial charge in [-0.25, -0.2) is 4.39 Å². The quantitative estimate of drug-likeness (QED) is 0.539. The third-order valence-corrected chi connectivity index (χ3v) is 1.74. The Balaban J connectivity index is 2.19. The van der Waals surface area contributed by atoms with Crippen LogP contribution in [0.15, 0.2) is 12.7 Å². The highest BCUT2D eigenvalue weighted by Gasteiger charge is 2.19. The molecule has 1 rings (SSSR count). The zero-order valence-corrected chi connectivity index (χ0v) is 6.05. The summed E-state index contributed by atoms with van der Waals surface area (Å²) < 4.78 is 17.6. The number of hydrogen-bond acceptors (Lipinski definition) is 1. The maximum absolute atomic E-state index is 12.4. The lowest BCUT2D eigenvalue weighted by molar-refractivity contribution is -0.0244. The van der Waals surface area contributed by atoms with Crippen LogP contribution in [0.2, 0.25) is 0 Å². The zero-order chi connectivity index (χ0) is 7.40. The predicted octanol–water partition coefficient (Wildman–Crippen LogP) is 2.08. The summed E-state index contributed by atoms with van der Waals surface area (Å²) in [6, 6.07) is 0. The third kappa shape index (κ3) is 2.10. The summed E-state index contributed by atoms with van der Waals surface area (Å²) in [5.41, 5.74) is 0. The molecule has 0 aromatic heterocycles. The van der Waals surface area contributed by atoms with Crippen molar-refractivity contribution in [3.63, 3.8) is 0 Å². The molecule has 0 aromatic rings. The highest BCUT2D eigenvalue weighted by molar-refractivity contribution is 4.77. The van der Waals surface area contributed by atoms with Gasteiger partial charge >= 0.3 is 0 Å².